The van der Waals surface area contributed by atoms with E-state index >= 15 is 0 Å². The van der Waals surface area contributed by atoms with Crippen LogP contribution < -0.4 is 11.5 Å². The van der Waals surface area contributed by atoms with Crippen LogP contribution in [0.1, 0.15) is 6.92 Å². The second kappa shape index (κ2) is 4.69. The van der Waals surface area contributed by atoms with Crippen LogP contribution in [-0.2, 0) is 14.3 Å². The number of methoxy groups -OCH3 is 1. The number of ether oxygens (including phenoxy) is 1. The van der Waals surface area contributed by atoms with Crippen molar-refractivity contribution in [2.75, 3.05) is 20.2 Å². The van der Waals surface area contributed by atoms with Crippen LogP contribution in [0.25, 0.3) is 0 Å². The van der Waals surface area contributed by atoms with Crippen molar-refractivity contribution in [1.29, 1.82) is 0 Å². The number of nitrogens with two attached hydrogens (primary N) is 2. The molecular formula is C9H17N3O3. The fourth-order valence-electron chi connectivity index (χ4n) is 1.82. The Hall–Kier alpha value is -0.980. The zero-order valence-electron chi connectivity index (χ0n) is 8.97. The average Bonchev–Trinajstić information content (AvgIpc) is 2.15. The van der Waals surface area contributed by atoms with Gasteiger partial charge in [-0.05, 0) is 6.92 Å². The van der Waals surface area contributed by atoms with Crippen molar-refractivity contribution in [1.82, 2.24) is 4.90 Å². The Morgan fingerprint density at radius 3 is 2.60 bits per heavy atom. The van der Waals surface area contributed by atoms with Gasteiger partial charge in [0.25, 0.3) is 0 Å². The number of amides is 1. The van der Waals surface area contributed by atoms with Crippen LogP contribution in [0.4, 0.5) is 0 Å². The van der Waals surface area contributed by atoms with Gasteiger partial charge in [0.1, 0.15) is 6.23 Å². The first-order chi connectivity index (χ1) is 7.02. The van der Waals surface area contributed by atoms with Gasteiger partial charge in [-0.15, -0.1) is 0 Å². The van der Waals surface area contributed by atoms with Gasteiger partial charge < -0.3 is 16.2 Å². The van der Waals surface area contributed by atoms with Gasteiger partial charge in [-0.2, -0.15) is 0 Å². The highest BCUT2D eigenvalue weighted by Gasteiger charge is 2.48. The van der Waals surface area contributed by atoms with Crippen LogP contribution in [0.3, 0.4) is 0 Å². The van der Waals surface area contributed by atoms with Gasteiger partial charge in [-0.3, -0.25) is 14.5 Å². The number of carbonyl (C=O) groups is 2. The summed E-state index contributed by atoms with van der Waals surface area (Å²) in [6.45, 7) is 2.19. The van der Waals surface area contributed by atoms with Crippen LogP contribution in [0.15, 0.2) is 0 Å². The minimum Gasteiger partial charge on any atom is -0.369 e. The van der Waals surface area contributed by atoms with Crippen LogP contribution >= 0.6 is 0 Å². The summed E-state index contributed by atoms with van der Waals surface area (Å²) in [5, 5.41) is 0. The highest BCUT2D eigenvalue weighted by Crippen LogP contribution is 2.27. The summed E-state index contributed by atoms with van der Waals surface area (Å²) in [4.78, 5) is 24.3. The maximum atomic E-state index is 11.5. The Labute approximate surface area is 88.5 Å². The van der Waals surface area contributed by atoms with E-state index in [2.05, 4.69) is 0 Å². The molecule has 0 aromatic rings. The molecule has 6 nitrogen and oxygen atoms in total. The molecule has 3 atom stereocenters. The molecule has 1 saturated heterocycles. The molecule has 0 aliphatic carbocycles. The number of carbonyl (C=O) groups excluding carboxylic acids is 2. The third-order valence-corrected chi connectivity index (χ3v) is 2.85. The lowest BCUT2D eigenvalue weighted by molar-refractivity contribution is -0.160. The van der Waals surface area contributed by atoms with Crippen LogP contribution in [0, 0.1) is 5.92 Å². The molecule has 15 heavy (non-hydrogen) atoms. The summed E-state index contributed by atoms with van der Waals surface area (Å²) >= 11 is 0. The third-order valence-electron chi connectivity index (χ3n) is 2.85. The van der Waals surface area contributed by atoms with E-state index < -0.39 is 17.9 Å². The fourth-order valence-corrected chi connectivity index (χ4v) is 1.82. The van der Waals surface area contributed by atoms with Crippen molar-refractivity contribution in [3.8, 4) is 0 Å². The summed E-state index contributed by atoms with van der Waals surface area (Å²) in [6, 6.07) is -0.512. The smallest absolute Gasteiger partial charge is 0.223 e. The molecule has 4 N–H and O–H groups in total. The lowest BCUT2D eigenvalue weighted by atomic mass is 9.84. The largest absolute Gasteiger partial charge is 0.369 e. The maximum absolute atomic E-state index is 11.5. The predicted molar refractivity (Wildman–Crippen MR) is 53.7 cm³/mol. The van der Waals surface area contributed by atoms with Crippen molar-refractivity contribution >= 4 is 11.7 Å². The Morgan fingerprint density at radius 1 is 1.60 bits per heavy atom. The number of likely N-dealkylation sites (tertiary alicyclic amines) is 1. The molecular weight excluding hydrogens is 198 g/mol. The van der Waals surface area contributed by atoms with Gasteiger partial charge in [-0.25, -0.2) is 0 Å². The van der Waals surface area contributed by atoms with E-state index in [1.807, 2.05) is 6.92 Å². The quantitative estimate of drug-likeness (QED) is 0.569. The maximum Gasteiger partial charge on any atom is 0.223 e. The molecule has 1 rings (SSSR count). The normalized spacial score (nSPS) is 28.2. The molecule has 3 unspecified atom stereocenters. The van der Waals surface area contributed by atoms with E-state index in [0.717, 1.165) is 0 Å². The summed E-state index contributed by atoms with van der Waals surface area (Å²) in [5.74, 6) is -1.06. The zero-order valence-corrected chi connectivity index (χ0v) is 8.97. The second-order valence-electron chi connectivity index (χ2n) is 3.66. The molecule has 1 aliphatic heterocycles. The molecule has 1 fully saturated rings. The minimum absolute atomic E-state index is 0.0820. The van der Waals surface area contributed by atoms with E-state index in [0.29, 0.717) is 6.54 Å². The second-order valence-corrected chi connectivity index (χ2v) is 3.66. The molecule has 0 aromatic heterocycles. The third kappa shape index (κ3) is 2.17. The molecule has 1 amide bonds. The Kier molecular flexibility index (Phi) is 3.78. The summed E-state index contributed by atoms with van der Waals surface area (Å²) in [6.07, 6.45) is -0.207. The highest BCUT2D eigenvalue weighted by atomic mass is 16.5. The van der Waals surface area contributed by atoms with E-state index in [-0.39, 0.29) is 18.6 Å². The molecule has 0 saturated carbocycles. The topological polar surface area (TPSA) is 98.6 Å². The first-order valence-electron chi connectivity index (χ1n) is 4.83. The molecule has 0 bridgehead atoms. The Bertz CT molecular complexity index is 269. The lowest BCUT2D eigenvalue weighted by Crippen LogP contribution is -2.67. The molecule has 1 heterocycles. The molecule has 0 radical (unpaired) electrons. The lowest BCUT2D eigenvalue weighted by Gasteiger charge is -2.47. The van der Waals surface area contributed by atoms with E-state index in [1.54, 1.807) is 12.0 Å². The summed E-state index contributed by atoms with van der Waals surface area (Å²) < 4.78 is 5.09. The molecule has 0 aromatic carbocycles. The Morgan fingerprint density at radius 2 is 2.20 bits per heavy atom. The van der Waals surface area contributed by atoms with Crippen molar-refractivity contribution in [2.45, 2.75) is 19.2 Å². The van der Waals surface area contributed by atoms with Gasteiger partial charge in [0.05, 0.1) is 18.5 Å². The standard InChI is InChI=1S/C9H17N3O3/c1-5(15-2)12-4-6(9(11)14)8(12)7(13)3-10/h5-6,8H,3-4,10H2,1-2H3,(H2,11,14). The van der Waals surface area contributed by atoms with Gasteiger partial charge >= 0.3 is 0 Å². The number of hydrogen-bond acceptors (Lipinski definition) is 5. The number of rotatable bonds is 5. The number of nitrogens with zero attached hydrogens (tertiary/aromatic N) is 1. The van der Waals surface area contributed by atoms with Crippen LogP contribution in [-0.4, -0.2) is 49.1 Å². The molecule has 0 spiro atoms. The monoisotopic (exact) mass is 215 g/mol. The van der Waals surface area contributed by atoms with Crippen molar-refractivity contribution < 1.29 is 14.3 Å². The summed E-state index contributed by atoms with van der Waals surface area (Å²) in [5.41, 5.74) is 10.5. The molecule has 6 heteroatoms. The van der Waals surface area contributed by atoms with Crippen LogP contribution in [0.5, 0.6) is 0 Å². The van der Waals surface area contributed by atoms with E-state index in [9.17, 15) is 9.59 Å². The SMILES string of the molecule is COC(C)N1CC(C(N)=O)C1C(=O)CN. The van der Waals surface area contributed by atoms with Crippen molar-refractivity contribution in [3.63, 3.8) is 0 Å². The predicted octanol–water partition coefficient (Wildman–Crippen LogP) is -1.71. The van der Waals surface area contributed by atoms with Gasteiger partial charge in [0.15, 0.2) is 5.78 Å². The average molecular weight is 215 g/mol. The molecule has 86 valence electrons. The summed E-state index contributed by atoms with van der Waals surface area (Å²) in [7, 11) is 1.55. The van der Waals surface area contributed by atoms with Gasteiger partial charge in [-0.1, -0.05) is 0 Å². The number of hydrogen-bond donors (Lipinski definition) is 2. The Balaban J connectivity index is 2.71. The van der Waals surface area contributed by atoms with E-state index in [4.69, 9.17) is 16.2 Å². The van der Waals surface area contributed by atoms with Gasteiger partial charge in [0, 0.05) is 13.7 Å². The zero-order chi connectivity index (χ0) is 11.6. The highest BCUT2D eigenvalue weighted by molar-refractivity contribution is 5.93. The van der Waals surface area contributed by atoms with E-state index in [1.165, 1.54) is 0 Å². The minimum atomic E-state index is -0.512. The number of Topliss-reactive ketones (excluding diaryl/α,β-unsaturated/α-hetero) is 1. The van der Waals surface area contributed by atoms with Gasteiger partial charge in [0.2, 0.25) is 5.91 Å². The van der Waals surface area contributed by atoms with Crippen molar-refractivity contribution in [3.05, 3.63) is 0 Å². The number of ketones is 1. The number of primary amides is 1. The van der Waals surface area contributed by atoms with Crippen LogP contribution in [0.2, 0.25) is 0 Å². The van der Waals surface area contributed by atoms with Crippen molar-refractivity contribution in [2.24, 2.45) is 17.4 Å². The first-order valence-corrected chi connectivity index (χ1v) is 4.83. The molecule has 1 aliphatic rings. The first kappa shape index (κ1) is 12.1. The fraction of sp³-hybridized carbons (Fsp3) is 0.778.